The predicted octanol–water partition coefficient (Wildman–Crippen LogP) is 4.23. The number of carbonyl (C=O) groups is 1. The summed E-state index contributed by atoms with van der Waals surface area (Å²) in [5.74, 6) is 0.192. The van der Waals surface area contributed by atoms with E-state index in [0.717, 1.165) is 16.6 Å². The lowest BCUT2D eigenvalue weighted by molar-refractivity contribution is -0.148. The molecule has 3 nitrogen and oxygen atoms in total. The Balaban J connectivity index is 2.93. The molecule has 0 aliphatic rings. The van der Waals surface area contributed by atoms with Gasteiger partial charge in [0.25, 0.3) is 0 Å². The normalized spacial score (nSPS) is 14.0. The Morgan fingerprint density at radius 1 is 1.47 bits per heavy atom. The Hall–Kier alpha value is -1.03. The van der Waals surface area contributed by atoms with Crippen LogP contribution in [-0.4, -0.2) is 18.1 Å². The number of ether oxygens (including phenoxy) is 1. The van der Waals surface area contributed by atoms with Gasteiger partial charge in [0.1, 0.15) is 5.54 Å². The van der Waals surface area contributed by atoms with Gasteiger partial charge in [-0.3, -0.25) is 0 Å². The standard InChI is InChI=1S/C15H22BrNO2/c1-5-19-14(18)15(4,10-11(2)3)17-13-8-6-7-12(16)9-13/h6-9,11,17H,5,10H2,1-4H3. The molecule has 0 saturated carbocycles. The topological polar surface area (TPSA) is 38.3 Å². The molecule has 0 radical (unpaired) electrons. The minimum absolute atomic E-state index is 0.205. The van der Waals surface area contributed by atoms with Gasteiger partial charge in [-0.25, -0.2) is 4.79 Å². The molecule has 1 N–H and O–H groups in total. The minimum Gasteiger partial charge on any atom is -0.464 e. The van der Waals surface area contributed by atoms with Crippen molar-refractivity contribution >= 4 is 27.6 Å². The molecular formula is C15H22BrNO2. The third-order valence-corrected chi connectivity index (χ3v) is 3.28. The molecule has 1 aromatic carbocycles. The average molecular weight is 328 g/mol. The van der Waals surface area contributed by atoms with Crippen LogP contribution in [0.3, 0.4) is 0 Å². The second-order valence-electron chi connectivity index (χ2n) is 5.29. The fraction of sp³-hybridized carbons (Fsp3) is 0.533. The van der Waals surface area contributed by atoms with E-state index in [1.54, 1.807) is 0 Å². The highest BCUT2D eigenvalue weighted by atomic mass is 79.9. The van der Waals surface area contributed by atoms with Crippen molar-refractivity contribution in [2.24, 2.45) is 5.92 Å². The highest BCUT2D eigenvalue weighted by molar-refractivity contribution is 9.10. The number of carbonyl (C=O) groups excluding carboxylic acids is 1. The third-order valence-electron chi connectivity index (χ3n) is 2.79. The quantitative estimate of drug-likeness (QED) is 0.794. The van der Waals surface area contributed by atoms with Gasteiger partial charge >= 0.3 is 5.97 Å². The van der Waals surface area contributed by atoms with Crippen LogP contribution in [0, 0.1) is 5.92 Å². The van der Waals surface area contributed by atoms with E-state index in [4.69, 9.17) is 4.74 Å². The summed E-state index contributed by atoms with van der Waals surface area (Å²) < 4.78 is 6.18. The number of esters is 1. The van der Waals surface area contributed by atoms with Crippen molar-refractivity contribution in [1.29, 1.82) is 0 Å². The molecule has 19 heavy (non-hydrogen) atoms. The van der Waals surface area contributed by atoms with E-state index in [1.165, 1.54) is 0 Å². The maximum absolute atomic E-state index is 12.2. The number of halogens is 1. The Kier molecular flexibility index (Phi) is 5.85. The zero-order valence-corrected chi connectivity index (χ0v) is 13.6. The molecule has 0 saturated heterocycles. The molecular weight excluding hydrogens is 306 g/mol. The van der Waals surface area contributed by atoms with Gasteiger partial charge in [0.2, 0.25) is 0 Å². The number of anilines is 1. The molecule has 1 aromatic rings. The lowest BCUT2D eigenvalue weighted by Crippen LogP contribution is -2.45. The smallest absolute Gasteiger partial charge is 0.331 e. The van der Waals surface area contributed by atoms with Gasteiger partial charge < -0.3 is 10.1 Å². The molecule has 1 atom stereocenters. The van der Waals surface area contributed by atoms with Crippen LogP contribution in [0.25, 0.3) is 0 Å². The molecule has 1 rings (SSSR count). The van der Waals surface area contributed by atoms with Crippen LogP contribution >= 0.6 is 15.9 Å². The maximum Gasteiger partial charge on any atom is 0.331 e. The number of hydrogen-bond acceptors (Lipinski definition) is 3. The van der Waals surface area contributed by atoms with Crippen LogP contribution in [-0.2, 0) is 9.53 Å². The minimum atomic E-state index is -0.703. The van der Waals surface area contributed by atoms with Crippen molar-refractivity contribution in [3.63, 3.8) is 0 Å². The molecule has 0 bridgehead atoms. The Morgan fingerprint density at radius 2 is 2.16 bits per heavy atom. The average Bonchev–Trinajstić information content (AvgIpc) is 2.27. The Bertz CT molecular complexity index is 434. The largest absolute Gasteiger partial charge is 0.464 e. The van der Waals surface area contributed by atoms with E-state index in [9.17, 15) is 4.79 Å². The van der Waals surface area contributed by atoms with E-state index in [2.05, 4.69) is 35.1 Å². The first kappa shape index (κ1) is 16.0. The van der Waals surface area contributed by atoms with E-state index in [-0.39, 0.29) is 5.97 Å². The maximum atomic E-state index is 12.2. The summed E-state index contributed by atoms with van der Waals surface area (Å²) in [6.07, 6.45) is 0.721. The van der Waals surface area contributed by atoms with Gasteiger partial charge in [0.05, 0.1) is 6.61 Å². The molecule has 0 fully saturated rings. The van der Waals surface area contributed by atoms with Gasteiger partial charge in [-0.15, -0.1) is 0 Å². The second-order valence-corrected chi connectivity index (χ2v) is 6.20. The molecule has 0 amide bonds. The molecule has 1 unspecified atom stereocenters. The summed E-state index contributed by atoms with van der Waals surface area (Å²) in [7, 11) is 0. The number of rotatable bonds is 6. The Morgan fingerprint density at radius 3 is 2.68 bits per heavy atom. The van der Waals surface area contributed by atoms with Crippen molar-refractivity contribution < 1.29 is 9.53 Å². The lowest BCUT2D eigenvalue weighted by atomic mass is 9.90. The van der Waals surface area contributed by atoms with E-state index < -0.39 is 5.54 Å². The molecule has 0 aromatic heterocycles. The zero-order valence-electron chi connectivity index (χ0n) is 12.0. The first-order valence-electron chi connectivity index (χ1n) is 6.58. The van der Waals surface area contributed by atoms with E-state index >= 15 is 0 Å². The lowest BCUT2D eigenvalue weighted by Gasteiger charge is -2.31. The van der Waals surface area contributed by atoms with E-state index in [1.807, 2.05) is 38.1 Å². The fourth-order valence-corrected chi connectivity index (χ4v) is 2.58. The van der Waals surface area contributed by atoms with Crippen molar-refractivity contribution in [2.75, 3.05) is 11.9 Å². The predicted molar refractivity (Wildman–Crippen MR) is 82.3 cm³/mol. The summed E-state index contributed by atoms with van der Waals surface area (Å²) in [6.45, 7) is 8.31. The molecule has 0 heterocycles. The van der Waals surface area contributed by atoms with Crippen LogP contribution in [0.4, 0.5) is 5.69 Å². The van der Waals surface area contributed by atoms with Crippen LogP contribution in [0.1, 0.15) is 34.1 Å². The number of nitrogens with one attached hydrogen (secondary N) is 1. The molecule has 0 spiro atoms. The van der Waals surface area contributed by atoms with Gasteiger partial charge in [-0.2, -0.15) is 0 Å². The highest BCUT2D eigenvalue weighted by Crippen LogP contribution is 2.25. The Labute approximate surface area is 123 Å². The molecule has 4 heteroatoms. The van der Waals surface area contributed by atoms with Crippen LogP contribution in [0.2, 0.25) is 0 Å². The van der Waals surface area contributed by atoms with Gasteiger partial charge in [0, 0.05) is 10.2 Å². The van der Waals surface area contributed by atoms with Crippen molar-refractivity contribution in [2.45, 2.75) is 39.7 Å². The number of benzene rings is 1. The summed E-state index contributed by atoms with van der Waals surface area (Å²) >= 11 is 3.43. The second kappa shape index (κ2) is 6.94. The summed E-state index contributed by atoms with van der Waals surface area (Å²) in [6, 6.07) is 7.79. The van der Waals surface area contributed by atoms with Crippen LogP contribution < -0.4 is 5.32 Å². The zero-order chi connectivity index (χ0) is 14.5. The summed E-state index contributed by atoms with van der Waals surface area (Å²) in [4.78, 5) is 12.2. The fourth-order valence-electron chi connectivity index (χ4n) is 2.18. The molecule has 0 aliphatic heterocycles. The first-order chi connectivity index (χ1) is 8.87. The van der Waals surface area contributed by atoms with Gasteiger partial charge in [-0.05, 0) is 44.4 Å². The van der Waals surface area contributed by atoms with Gasteiger partial charge in [-0.1, -0.05) is 35.8 Å². The van der Waals surface area contributed by atoms with Crippen molar-refractivity contribution in [3.8, 4) is 0 Å². The van der Waals surface area contributed by atoms with Crippen molar-refractivity contribution in [3.05, 3.63) is 28.7 Å². The number of hydrogen-bond donors (Lipinski definition) is 1. The monoisotopic (exact) mass is 327 g/mol. The first-order valence-corrected chi connectivity index (χ1v) is 7.37. The van der Waals surface area contributed by atoms with Gasteiger partial charge in [0.15, 0.2) is 0 Å². The molecule has 0 aliphatic carbocycles. The highest BCUT2D eigenvalue weighted by Gasteiger charge is 2.35. The summed E-state index contributed by atoms with van der Waals surface area (Å²) in [5, 5.41) is 3.31. The van der Waals surface area contributed by atoms with Crippen LogP contribution in [0.15, 0.2) is 28.7 Å². The summed E-state index contributed by atoms with van der Waals surface area (Å²) in [5.41, 5.74) is 0.205. The van der Waals surface area contributed by atoms with Crippen molar-refractivity contribution in [1.82, 2.24) is 0 Å². The third kappa shape index (κ3) is 4.86. The van der Waals surface area contributed by atoms with E-state index in [0.29, 0.717) is 12.5 Å². The molecule has 106 valence electrons. The van der Waals surface area contributed by atoms with Crippen LogP contribution in [0.5, 0.6) is 0 Å². The SMILES string of the molecule is CCOC(=O)C(C)(CC(C)C)Nc1cccc(Br)c1.